The Balaban J connectivity index is 1.85. The van der Waals surface area contributed by atoms with Gasteiger partial charge in [0.05, 0.1) is 6.04 Å². The van der Waals surface area contributed by atoms with Crippen molar-refractivity contribution < 1.29 is 9.53 Å². The number of benzene rings is 1. The first kappa shape index (κ1) is 14.2. The maximum absolute atomic E-state index is 12.2. The third kappa shape index (κ3) is 2.69. The van der Waals surface area contributed by atoms with Gasteiger partial charge in [0.25, 0.3) is 0 Å². The number of hydrogen-bond acceptors (Lipinski definition) is 2. The smallest absolute Gasteiger partial charge is 0.410 e. The second-order valence-electron chi connectivity index (χ2n) is 6.27. The van der Waals surface area contributed by atoms with Crippen molar-refractivity contribution in [2.75, 3.05) is 6.61 Å². The molecule has 1 amide bonds. The van der Waals surface area contributed by atoms with E-state index in [4.69, 9.17) is 4.74 Å². The van der Waals surface area contributed by atoms with Crippen LogP contribution in [0.2, 0.25) is 0 Å². The van der Waals surface area contributed by atoms with Crippen LogP contribution in [0.5, 0.6) is 0 Å². The Morgan fingerprint density at radius 1 is 1.24 bits per heavy atom. The number of cyclic esters (lactones) is 1. The van der Waals surface area contributed by atoms with Gasteiger partial charge in [-0.3, -0.25) is 4.90 Å². The summed E-state index contributed by atoms with van der Waals surface area (Å²) in [4.78, 5) is 14.1. The van der Waals surface area contributed by atoms with Crippen molar-refractivity contribution in [1.82, 2.24) is 4.90 Å². The fraction of sp³-hybridized carbons (Fsp3) is 0.500. The molecule has 1 aromatic carbocycles. The van der Waals surface area contributed by atoms with Crippen molar-refractivity contribution in [3.63, 3.8) is 0 Å². The molecule has 1 aromatic rings. The molecular weight excluding hydrogens is 262 g/mol. The second-order valence-corrected chi connectivity index (χ2v) is 6.27. The Bertz CT molecular complexity index is 505. The van der Waals surface area contributed by atoms with Crippen LogP contribution < -0.4 is 0 Å². The van der Waals surface area contributed by atoms with Crippen LogP contribution in [0.3, 0.4) is 0 Å². The van der Waals surface area contributed by atoms with E-state index in [1.165, 1.54) is 19.3 Å². The number of ether oxygens (including phenoxy) is 1. The summed E-state index contributed by atoms with van der Waals surface area (Å²) in [5.74, 6) is 0. The lowest BCUT2D eigenvalue weighted by atomic mass is 9.68. The molecule has 3 nitrogen and oxygen atoms in total. The zero-order chi connectivity index (χ0) is 14.7. The van der Waals surface area contributed by atoms with Gasteiger partial charge in [-0.1, -0.05) is 55.7 Å². The van der Waals surface area contributed by atoms with Crippen molar-refractivity contribution in [3.8, 4) is 0 Å². The van der Waals surface area contributed by atoms with E-state index in [2.05, 4.69) is 18.7 Å². The number of hydrogen-bond donors (Lipinski definition) is 0. The summed E-state index contributed by atoms with van der Waals surface area (Å²) in [7, 11) is 0. The van der Waals surface area contributed by atoms with Crippen molar-refractivity contribution >= 4 is 6.09 Å². The standard InChI is InChI=1S/C18H23NO2/c1-2-16-18(11-7-4-8-12-18)14-21-17(20)19(16)13-15-9-5-3-6-10-15/h2-3,5-6,9-10,16H,1,4,7-8,11-14H2. The van der Waals surface area contributed by atoms with Crippen molar-refractivity contribution in [2.24, 2.45) is 5.41 Å². The van der Waals surface area contributed by atoms with Crippen LogP contribution in [0.4, 0.5) is 4.79 Å². The molecule has 0 N–H and O–H groups in total. The molecular formula is C18H23NO2. The maximum atomic E-state index is 12.2. The van der Waals surface area contributed by atoms with Gasteiger partial charge in [0, 0.05) is 12.0 Å². The number of rotatable bonds is 3. The summed E-state index contributed by atoms with van der Waals surface area (Å²) < 4.78 is 5.53. The summed E-state index contributed by atoms with van der Waals surface area (Å²) >= 11 is 0. The van der Waals surface area contributed by atoms with E-state index in [9.17, 15) is 4.79 Å². The van der Waals surface area contributed by atoms with Gasteiger partial charge in [0.2, 0.25) is 0 Å². The normalized spacial score (nSPS) is 24.7. The Morgan fingerprint density at radius 2 is 1.95 bits per heavy atom. The molecule has 1 unspecified atom stereocenters. The summed E-state index contributed by atoms with van der Waals surface area (Å²) in [5.41, 5.74) is 1.21. The lowest BCUT2D eigenvalue weighted by Crippen LogP contribution is -2.57. The van der Waals surface area contributed by atoms with Crippen LogP contribution in [0.25, 0.3) is 0 Å². The topological polar surface area (TPSA) is 29.5 Å². The Kier molecular flexibility index (Phi) is 4.00. The lowest BCUT2D eigenvalue weighted by Gasteiger charge is -2.49. The molecule has 2 aliphatic rings. The molecule has 1 aliphatic carbocycles. The lowest BCUT2D eigenvalue weighted by molar-refractivity contribution is -0.0538. The van der Waals surface area contributed by atoms with E-state index in [1.54, 1.807) is 0 Å². The van der Waals surface area contributed by atoms with Crippen LogP contribution in [0.15, 0.2) is 43.0 Å². The zero-order valence-corrected chi connectivity index (χ0v) is 12.5. The highest BCUT2D eigenvalue weighted by molar-refractivity contribution is 5.69. The van der Waals surface area contributed by atoms with E-state index in [-0.39, 0.29) is 17.6 Å². The summed E-state index contributed by atoms with van der Waals surface area (Å²) in [6.45, 7) is 5.16. The number of carbonyl (C=O) groups excluding carboxylic acids is 1. The van der Waals surface area contributed by atoms with Crippen molar-refractivity contribution in [2.45, 2.75) is 44.7 Å². The number of amides is 1. The molecule has 1 saturated heterocycles. The quantitative estimate of drug-likeness (QED) is 0.781. The predicted octanol–water partition coefficient (Wildman–Crippen LogP) is 4.14. The molecule has 1 heterocycles. The molecule has 0 radical (unpaired) electrons. The number of carbonyl (C=O) groups is 1. The summed E-state index contributed by atoms with van der Waals surface area (Å²) in [6.07, 6.45) is 7.74. The van der Waals surface area contributed by atoms with E-state index in [0.717, 1.165) is 18.4 Å². The first-order valence-electron chi connectivity index (χ1n) is 7.85. The second kappa shape index (κ2) is 5.92. The fourth-order valence-electron chi connectivity index (χ4n) is 3.83. The van der Waals surface area contributed by atoms with Crippen LogP contribution >= 0.6 is 0 Å². The van der Waals surface area contributed by atoms with Crippen molar-refractivity contribution in [1.29, 1.82) is 0 Å². The molecule has 0 bridgehead atoms. The predicted molar refractivity (Wildman–Crippen MR) is 82.8 cm³/mol. The molecule has 1 aliphatic heterocycles. The molecule has 1 saturated carbocycles. The van der Waals surface area contributed by atoms with Gasteiger partial charge >= 0.3 is 6.09 Å². The fourth-order valence-corrected chi connectivity index (χ4v) is 3.83. The molecule has 112 valence electrons. The van der Waals surface area contributed by atoms with Crippen LogP contribution in [0.1, 0.15) is 37.7 Å². The van der Waals surface area contributed by atoms with Gasteiger partial charge in [-0.2, -0.15) is 0 Å². The molecule has 1 spiro atoms. The van der Waals surface area contributed by atoms with Gasteiger partial charge in [0.1, 0.15) is 6.61 Å². The molecule has 3 rings (SSSR count). The van der Waals surface area contributed by atoms with Crippen molar-refractivity contribution in [3.05, 3.63) is 48.6 Å². The van der Waals surface area contributed by atoms with Gasteiger partial charge < -0.3 is 4.74 Å². The highest BCUT2D eigenvalue weighted by Crippen LogP contribution is 2.44. The van der Waals surface area contributed by atoms with Gasteiger partial charge in [0.15, 0.2) is 0 Å². The van der Waals surface area contributed by atoms with E-state index >= 15 is 0 Å². The minimum atomic E-state index is -0.208. The first-order valence-corrected chi connectivity index (χ1v) is 7.85. The Hall–Kier alpha value is -1.77. The van der Waals surface area contributed by atoms with Gasteiger partial charge in [-0.05, 0) is 18.4 Å². The average Bonchev–Trinajstić information content (AvgIpc) is 2.53. The third-order valence-electron chi connectivity index (χ3n) is 4.95. The van der Waals surface area contributed by atoms with E-state index in [1.807, 2.05) is 29.2 Å². The molecule has 1 atom stereocenters. The summed E-state index contributed by atoms with van der Waals surface area (Å²) in [6, 6.07) is 10.2. The van der Waals surface area contributed by atoms with Gasteiger partial charge in [-0.25, -0.2) is 4.79 Å². The molecule has 21 heavy (non-hydrogen) atoms. The minimum absolute atomic E-state index is 0.0721. The van der Waals surface area contributed by atoms with E-state index < -0.39 is 0 Å². The average molecular weight is 285 g/mol. The molecule has 0 aromatic heterocycles. The van der Waals surface area contributed by atoms with Crippen LogP contribution in [0, 0.1) is 5.41 Å². The highest BCUT2D eigenvalue weighted by atomic mass is 16.6. The Morgan fingerprint density at radius 3 is 2.62 bits per heavy atom. The third-order valence-corrected chi connectivity index (χ3v) is 4.95. The zero-order valence-electron chi connectivity index (χ0n) is 12.5. The monoisotopic (exact) mass is 285 g/mol. The number of nitrogens with zero attached hydrogens (tertiary/aromatic N) is 1. The van der Waals surface area contributed by atoms with Crippen LogP contribution in [-0.4, -0.2) is 23.6 Å². The minimum Gasteiger partial charge on any atom is -0.449 e. The highest BCUT2D eigenvalue weighted by Gasteiger charge is 2.47. The van der Waals surface area contributed by atoms with Crippen LogP contribution in [-0.2, 0) is 11.3 Å². The maximum Gasteiger partial charge on any atom is 0.410 e. The van der Waals surface area contributed by atoms with Gasteiger partial charge in [-0.15, -0.1) is 6.58 Å². The Labute approximate surface area is 126 Å². The molecule has 3 heteroatoms. The van der Waals surface area contributed by atoms with E-state index in [0.29, 0.717) is 13.2 Å². The first-order chi connectivity index (χ1) is 10.2. The summed E-state index contributed by atoms with van der Waals surface area (Å²) in [5, 5.41) is 0. The SMILES string of the molecule is C=CC1N(Cc2ccccc2)C(=O)OCC12CCCCC2. The largest absolute Gasteiger partial charge is 0.449 e. The molecule has 2 fully saturated rings.